The van der Waals surface area contributed by atoms with E-state index < -0.39 is 0 Å². The maximum absolute atomic E-state index is 5.96. The Balaban J connectivity index is 2.75. The monoisotopic (exact) mass is 275 g/mol. The standard InChI is InChI=1S/C13H22ClNOS/c1-5-13(3,16-6-2)11(15-4)9-10-7-8-12(14)17-10/h7-8,11,15H,5-6,9H2,1-4H3. The van der Waals surface area contributed by atoms with Crippen molar-refractivity contribution in [3.63, 3.8) is 0 Å². The molecule has 0 aliphatic heterocycles. The number of hydrogen-bond donors (Lipinski definition) is 1. The summed E-state index contributed by atoms with van der Waals surface area (Å²) in [4.78, 5) is 1.30. The van der Waals surface area contributed by atoms with Crippen LogP contribution in [0, 0.1) is 0 Å². The van der Waals surface area contributed by atoms with Crippen molar-refractivity contribution in [1.29, 1.82) is 0 Å². The fourth-order valence-corrected chi connectivity index (χ4v) is 3.20. The minimum absolute atomic E-state index is 0.125. The summed E-state index contributed by atoms with van der Waals surface area (Å²) in [5, 5.41) is 3.37. The molecule has 1 heterocycles. The maximum atomic E-state index is 5.96. The highest BCUT2D eigenvalue weighted by atomic mass is 35.5. The van der Waals surface area contributed by atoms with Crippen LogP contribution in [0.2, 0.25) is 4.34 Å². The van der Waals surface area contributed by atoms with Crippen molar-refractivity contribution in [2.45, 2.75) is 45.3 Å². The zero-order valence-electron chi connectivity index (χ0n) is 11.0. The molecular formula is C13H22ClNOS. The molecule has 2 atom stereocenters. The lowest BCUT2D eigenvalue weighted by Crippen LogP contribution is -2.50. The molecule has 0 saturated heterocycles. The van der Waals surface area contributed by atoms with E-state index in [9.17, 15) is 0 Å². The molecule has 0 fully saturated rings. The third-order valence-electron chi connectivity index (χ3n) is 3.30. The molecule has 0 bridgehead atoms. The smallest absolute Gasteiger partial charge is 0.0931 e. The van der Waals surface area contributed by atoms with Gasteiger partial charge in [0.05, 0.1) is 9.94 Å². The van der Waals surface area contributed by atoms with Crippen LogP contribution in [0.15, 0.2) is 12.1 Å². The fourth-order valence-electron chi connectivity index (χ4n) is 2.06. The van der Waals surface area contributed by atoms with Crippen molar-refractivity contribution in [2.24, 2.45) is 0 Å². The summed E-state index contributed by atoms with van der Waals surface area (Å²) in [5.41, 5.74) is -0.125. The van der Waals surface area contributed by atoms with Gasteiger partial charge in [-0.3, -0.25) is 0 Å². The lowest BCUT2D eigenvalue weighted by atomic mass is 9.90. The van der Waals surface area contributed by atoms with Crippen molar-refractivity contribution in [1.82, 2.24) is 5.32 Å². The Morgan fingerprint density at radius 2 is 2.18 bits per heavy atom. The van der Waals surface area contributed by atoms with E-state index in [1.54, 1.807) is 11.3 Å². The Hall–Kier alpha value is -0.0900. The molecule has 1 N–H and O–H groups in total. The van der Waals surface area contributed by atoms with E-state index in [1.807, 2.05) is 20.0 Å². The van der Waals surface area contributed by atoms with Crippen LogP contribution >= 0.6 is 22.9 Å². The van der Waals surface area contributed by atoms with Gasteiger partial charge in [-0.1, -0.05) is 18.5 Å². The zero-order valence-corrected chi connectivity index (χ0v) is 12.6. The van der Waals surface area contributed by atoms with E-state index in [-0.39, 0.29) is 5.60 Å². The van der Waals surface area contributed by atoms with E-state index >= 15 is 0 Å². The molecule has 1 rings (SSSR count). The Kier molecular flexibility index (Phi) is 5.93. The van der Waals surface area contributed by atoms with Crippen molar-refractivity contribution >= 4 is 22.9 Å². The summed E-state index contributed by atoms with van der Waals surface area (Å²) in [6.07, 6.45) is 1.95. The van der Waals surface area contributed by atoms with Gasteiger partial charge in [-0.2, -0.15) is 0 Å². The topological polar surface area (TPSA) is 21.3 Å². The predicted octanol–water partition coefficient (Wildman–Crippen LogP) is 3.74. The third kappa shape index (κ3) is 3.95. The summed E-state index contributed by atoms with van der Waals surface area (Å²) < 4.78 is 6.77. The molecule has 1 aromatic heterocycles. The van der Waals surface area contributed by atoms with Gasteiger partial charge in [0.25, 0.3) is 0 Å². The van der Waals surface area contributed by atoms with Crippen LogP contribution in [0.25, 0.3) is 0 Å². The fraction of sp³-hybridized carbons (Fsp3) is 0.692. The largest absolute Gasteiger partial charge is 0.374 e. The van der Waals surface area contributed by atoms with E-state index in [1.165, 1.54) is 4.88 Å². The van der Waals surface area contributed by atoms with Gasteiger partial charge in [-0.15, -0.1) is 11.3 Å². The molecule has 0 aliphatic rings. The number of likely N-dealkylation sites (N-methyl/N-ethyl adjacent to an activating group) is 1. The molecule has 17 heavy (non-hydrogen) atoms. The zero-order chi connectivity index (χ0) is 12.9. The van der Waals surface area contributed by atoms with Gasteiger partial charge >= 0.3 is 0 Å². The van der Waals surface area contributed by atoms with Crippen molar-refractivity contribution in [3.05, 3.63) is 21.3 Å². The van der Waals surface area contributed by atoms with Crippen LogP contribution in [0.5, 0.6) is 0 Å². The summed E-state index contributed by atoms with van der Waals surface area (Å²) in [7, 11) is 1.99. The Morgan fingerprint density at radius 1 is 1.47 bits per heavy atom. The average Bonchev–Trinajstić information content (AvgIpc) is 2.72. The first-order chi connectivity index (χ1) is 8.05. The van der Waals surface area contributed by atoms with E-state index in [2.05, 4.69) is 25.2 Å². The predicted molar refractivity (Wildman–Crippen MR) is 76.2 cm³/mol. The van der Waals surface area contributed by atoms with E-state index in [4.69, 9.17) is 16.3 Å². The highest BCUT2D eigenvalue weighted by molar-refractivity contribution is 7.16. The van der Waals surface area contributed by atoms with Crippen molar-refractivity contribution in [2.75, 3.05) is 13.7 Å². The number of thiophene rings is 1. The Labute approximate surface area is 113 Å². The van der Waals surface area contributed by atoms with Crippen LogP contribution in [-0.4, -0.2) is 25.3 Å². The highest BCUT2D eigenvalue weighted by Crippen LogP contribution is 2.27. The lowest BCUT2D eigenvalue weighted by Gasteiger charge is -2.36. The molecule has 2 unspecified atom stereocenters. The van der Waals surface area contributed by atoms with Crippen LogP contribution in [0.1, 0.15) is 32.1 Å². The number of hydrogen-bond acceptors (Lipinski definition) is 3. The van der Waals surface area contributed by atoms with Gasteiger partial charge in [-0.05, 0) is 45.9 Å². The second kappa shape index (κ2) is 6.74. The molecule has 0 amide bonds. The minimum atomic E-state index is -0.125. The Bertz CT molecular complexity index is 342. The Morgan fingerprint density at radius 3 is 2.59 bits per heavy atom. The molecule has 0 aliphatic carbocycles. The third-order valence-corrected chi connectivity index (χ3v) is 4.55. The number of halogens is 1. The first-order valence-electron chi connectivity index (χ1n) is 6.11. The molecule has 1 aromatic rings. The number of nitrogens with one attached hydrogen (secondary N) is 1. The van der Waals surface area contributed by atoms with Crippen LogP contribution < -0.4 is 5.32 Å². The average molecular weight is 276 g/mol. The highest BCUT2D eigenvalue weighted by Gasteiger charge is 2.32. The summed E-state index contributed by atoms with van der Waals surface area (Å²) >= 11 is 7.61. The minimum Gasteiger partial charge on any atom is -0.374 e. The molecule has 4 heteroatoms. The van der Waals surface area contributed by atoms with E-state index in [0.717, 1.165) is 23.8 Å². The lowest BCUT2D eigenvalue weighted by molar-refractivity contribution is -0.0532. The molecule has 0 spiro atoms. The second-order valence-electron chi connectivity index (χ2n) is 4.35. The molecular weight excluding hydrogens is 254 g/mol. The second-order valence-corrected chi connectivity index (χ2v) is 6.15. The first kappa shape index (κ1) is 15.0. The normalized spacial score (nSPS) is 16.8. The molecule has 2 nitrogen and oxygen atoms in total. The summed E-state index contributed by atoms with van der Waals surface area (Å²) in [6, 6.07) is 4.36. The van der Waals surface area contributed by atoms with Gasteiger partial charge < -0.3 is 10.1 Å². The van der Waals surface area contributed by atoms with Gasteiger partial charge in [0.1, 0.15) is 0 Å². The molecule has 0 saturated carbocycles. The van der Waals surface area contributed by atoms with Crippen molar-refractivity contribution < 1.29 is 4.74 Å². The molecule has 0 radical (unpaired) electrons. The van der Waals surface area contributed by atoms with Gasteiger partial charge in [0.15, 0.2) is 0 Å². The summed E-state index contributed by atoms with van der Waals surface area (Å²) in [5.74, 6) is 0. The maximum Gasteiger partial charge on any atom is 0.0931 e. The van der Waals surface area contributed by atoms with Crippen LogP contribution in [0.4, 0.5) is 0 Å². The quantitative estimate of drug-likeness (QED) is 0.819. The molecule has 98 valence electrons. The summed E-state index contributed by atoms with van der Waals surface area (Å²) in [6.45, 7) is 7.13. The molecule has 0 aromatic carbocycles. The number of ether oxygens (including phenoxy) is 1. The van der Waals surface area contributed by atoms with Gasteiger partial charge in [0, 0.05) is 17.5 Å². The van der Waals surface area contributed by atoms with Crippen LogP contribution in [0.3, 0.4) is 0 Å². The van der Waals surface area contributed by atoms with Crippen molar-refractivity contribution in [3.8, 4) is 0 Å². The van der Waals surface area contributed by atoms with Crippen LogP contribution in [-0.2, 0) is 11.2 Å². The van der Waals surface area contributed by atoms with E-state index in [0.29, 0.717) is 6.04 Å². The van der Waals surface area contributed by atoms with Gasteiger partial charge in [-0.25, -0.2) is 0 Å². The first-order valence-corrected chi connectivity index (χ1v) is 7.30. The van der Waals surface area contributed by atoms with Gasteiger partial charge in [0.2, 0.25) is 0 Å². The number of rotatable bonds is 7. The SMILES string of the molecule is CCOC(C)(CC)C(Cc1ccc(Cl)s1)NC.